The molecule has 0 radical (unpaired) electrons. The molecule has 0 aliphatic carbocycles. The Morgan fingerprint density at radius 1 is 1.58 bits per heavy atom. The molecule has 3 nitrogen and oxygen atoms in total. The first-order chi connectivity index (χ1) is 5.20. The number of hydrogen-bond acceptors (Lipinski definition) is 3. The number of carbonyl (C=O) groups is 1. The van der Waals surface area contributed by atoms with E-state index in [0.29, 0.717) is 0 Å². The van der Waals surface area contributed by atoms with Crippen LogP contribution in [0.1, 0.15) is 26.7 Å². The molecule has 1 saturated heterocycles. The molecule has 0 aromatic rings. The Kier molecular flexibility index (Phi) is 5.25. The summed E-state index contributed by atoms with van der Waals surface area (Å²) in [5.74, 6) is -0.0995. The molecule has 1 rings (SSSR count). The first kappa shape index (κ1) is 11.7. The quantitative estimate of drug-likeness (QED) is 0.668. The lowest BCUT2D eigenvalue weighted by atomic mass is 10.2. The van der Waals surface area contributed by atoms with Crippen LogP contribution in [-0.4, -0.2) is 24.7 Å². The zero-order chi connectivity index (χ0) is 8.27. The van der Waals surface area contributed by atoms with Crippen LogP contribution in [0.5, 0.6) is 0 Å². The molecule has 1 aliphatic rings. The van der Waals surface area contributed by atoms with Crippen LogP contribution in [0.3, 0.4) is 0 Å². The smallest absolute Gasteiger partial charge is 0.323 e. The first-order valence-electron chi connectivity index (χ1n) is 4.14. The summed E-state index contributed by atoms with van der Waals surface area (Å²) >= 11 is 0. The molecule has 1 fully saturated rings. The molecular formula is C8H16ClNO2. The van der Waals surface area contributed by atoms with Gasteiger partial charge in [-0.15, -0.1) is 12.4 Å². The lowest BCUT2D eigenvalue weighted by molar-refractivity contribution is -0.149. The molecule has 1 N–H and O–H groups in total. The highest BCUT2D eigenvalue weighted by Gasteiger charge is 2.23. The van der Waals surface area contributed by atoms with Gasteiger partial charge < -0.3 is 10.1 Å². The minimum atomic E-state index is -0.0995. The maximum absolute atomic E-state index is 11.2. The van der Waals surface area contributed by atoms with Gasteiger partial charge in [-0.2, -0.15) is 0 Å². The standard InChI is InChI=1S/C8H15NO2.ClH/c1-6(2)11-8(10)7-4-3-5-9-7;/h6-7,9H,3-5H2,1-2H3;1H. The SMILES string of the molecule is CC(C)OC(=O)C1CCCN1.Cl. The summed E-state index contributed by atoms with van der Waals surface area (Å²) in [5.41, 5.74) is 0. The lowest BCUT2D eigenvalue weighted by Gasteiger charge is -2.12. The Morgan fingerprint density at radius 3 is 2.67 bits per heavy atom. The van der Waals surface area contributed by atoms with E-state index >= 15 is 0 Å². The number of nitrogens with one attached hydrogen (secondary N) is 1. The van der Waals surface area contributed by atoms with Crippen LogP contribution < -0.4 is 5.32 Å². The lowest BCUT2D eigenvalue weighted by Crippen LogP contribution is -2.33. The van der Waals surface area contributed by atoms with E-state index < -0.39 is 0 Å². The van der Waals surface area contributed by atoms with Crippen molar-refractivity contribution in [1.82, 2.24) is 5.32 Å². The van der Waals surface area contributed by atoms with E-state index in [0.717, 1.165) is 19.4 Å². The van der Waals surface area contributed by atoms with Gasteiger partial charge in [0.15, 0.2) is 0 Å². The highest BCUT2D eigenvalue weighted by atomic mass is 35.5. The Bertz CT molecular complexity index is 144. The normalized spacial score (nSPS) is 22.1. The van der Waals surface area contributed by atoms with E-state index in [1.54, 1.807) is 0 Å². The van der Waals surface area contributed by atoms with E-state index in [2.05, 4.69) is 5.32 Å². The fraction of sp³-hybridized carbons (Fsp3) is 0.875. The molecule has 0 bridgehead atoms. The Labute approximate surface area is 79.3 Å². The molecule has 1 heterocycles. The topological polar surface area (TPSA) is 38.3 Å². The minimum Gasteiger partial charge on any atom is -0.462 e. The average molecular weight is 194 g/mol. The molecule has 0 spiro atoms. The van der Waals surface area contributed by atoms with Crippen molar-refractivity contribution in [2.24, 2.45) is 0 Å². The van der Waals surface area contributed by atoms with Gasteiger partial charge in [0.05, 0.1) is 6.10 Å². The number of esters is 1. The van der Waals surface area contributed by atoms with Crippen molar-refractivity contribution >= 4 is 18.4 Å². The first-order valence-corrected chi connectivity index (χ1v) is 4.14. The molecule has 72 valence electrons. The summed E-state index contributed by atoms with van der Waals surface area (Å²) in [4.78, 5) is 11.2. The fourth-order valence-corrected chi connectivity index (χ4v) is 1.20. The fourth-order valence-electron chi connectivity index (χ4n) is 1.20. The van der Waals surface area contributed by atoms with Crippen molar-refractivity contribution in [1.29, 1.82) is 0 Å². The number of halogens is 1. The maximum Gasteiger partial charge on any atom is 0.323 e. The van der Waals surface area contributed by atoms with Gasteiger partial charge in [0.1, 0.15) is 6.04 Å². The van der Waals surface area contributed by atoms with Gasteiger partial charge in [0.2, 0.25) is 0 Å². The maximum atomic E-state index is 11.2. The molecule has 0 aromatic carbocycles. The van der Waals surface area contributed by atoms with Crippen molar-refractivity contribution in [2.75, 3.05) is 6.54 Å². The highest BCUT2D eigenvalue weighted by Crippen LogP contribution is 2.07. The molecular weight excluding hydrogens is 178 g/mol. The summed E-state index contributed by atoms with van der Waals surface area (Å²) in [7, 11) is 0. The zero-order valence-corrected chi connectivity index (χ0v) is 8.32. The third-order valence-corrected chi connectivity index (χ3v) is 1.70. The summed E-state index contributed by atoms with van der Waals surface area (Å²) in [6.45, 7) is 4.68. The van der Waals surface area contributed by atoms with Crippen molar-refractivity contribution in [3.8, 4) is 0 Å². The summed E-state index contributed by atoms with van der Waals surface area (Å²) in [6, 6.07) is -0.0441. The molecule has 0 aromatic heterocycles. The van der Waals surface area contributed by atoms with E-state index in [4.69, 9.17) is 4.74 Å². The molecule has 12 heavy (non-hydrogen) atoms. The van der Waals surface area contributed by atoms with Gasteiger partial charge in [-0.1, -0.05) is 0 Å². The van der Waals surface area contributed by atoms with Gasteiger partial charge in [0, 0.05) is 0 Å². The molecule has 0 amide bonds. The van der Waals surface area contributed by atoms with Crippen molar-refractivity contribution in [3.63, 3.8) is 0 Å². The molecule has 4 heteroatoms. The molecule has 0 saturated carbocycles. The van der Waals surface area contributed by atoms with E-state index in [1.807, 2.05) is 13.8 Å². The highest BCUT2D eigenvalue weighted by molar-refractivity contribution is 5.85. The number of ether oxygens (including phenoxy) is 1. The monoisotopic (exact) mass is 193 g/mol. The van der Waals surface area contributed by atoms with Crippen molar-refractivity contribution < 1.29 is 9.53 Å². The number of carbonyl (C=O) groups excluding carboxylic acids is 1. The van der Waals surface area contributed by atoms with Crippen LogP contribution in [0.25, 0.3) is 0 Å². The second-order valence-corrected chi connectivity index (χ2v) is 3.13. The Morgan fingerprint density at radius 2 is 2.25 bits per heavy atom. The molecule has 1 unspecified atom stereocenters. The Hall–Kier alpha value is -0.280. The molecule has 1 atom stereocenters. The predicted molar refractivity (Wildman–Crippen MR) is 49.5 cm³/mol. The van der Waals surface area contributed by atoms with Gasteiger partial charge >= 0.3 is 5.97 Å². The van der Waals surface area contributed by atoms with Crippen LogP contribution in [0.15, 0.2) is 0 Å². The summed E-state index contributed by atoms with van der Waals surface area (Å²) < 4.78 is 5.03. The van der Waals surface area contributed by atoms with Gasteiger partial charge in [0.25, 0.3) is 0 Å². The van der Waals surface area contributed by atoms with Crippen LogP contribution in [0.2, 0.25) is 0 Å². The largest absolute Gasteiger partial charge is 0.462 e. The van der Waals surface area contributed by atoms with E-state index in [-0.39, 0.29) is 30.5 Å². The van der Waals surface area contributed by atoms with Gasteiger partial charge in [-0.05, 0) is 33.2 Å². The van der Waals surface area contributed by atoms with Gasteiger partial charge in [-0.25, -0.2) is 0 Å². The summed E-state index contributed by atoms with van der Waals surface area (Å²) in [6.07, 6.45) is 2.01. The minimum absolute atomic E-state index is 0. The van der Waals surface area contributed by atoms with Crippen LogP contribution in [0.4, 0.5) is 0 Å². The average Bonchev–Trinajstić information content (AvgIpc) is 2.35. The third-order valence-electron chi connectivity index (χ3n) is 1.70. The predicted octanol–water partition coefficient (Wildman–Crippen LogP) is 1.11. The van der Waals surface area contributed by atoms with Crippen LogP contribution in [-0.2, 0) is 9.53 Å². The van der Waals surface area contributed by atoms with Crippen LogP contribution in [0, 0.1) is 0 Å². The second-order valence-electron chi connectivity index (χ2n) is 3.13. The zero-order valence-electron chi connectivity index (χ0n) is 7.50. The Balaban J connectivity index is 0.00000121. The molecule has 1 aliphatic heterocycles. The third kappa shape index (κ3) is 3.41. The van der Waals surface area contributed by atoms with Crippen molar-refractivity contribution in [2.45, 2.75) is 38.8 Å². The van der Waals surface area contributed by atoms with Crippen molar-refractivity contribution in [3.05, 3.63) is 0 Å². The number of rotatable bonds is 2. The van der Waals surface area contributed by atoms with Gasteiger partial charge in [-0.3, -0.25) is 4.79 Å². The van der Waals surface area contributed by atoms with Crippen LogP contribution >= 0.6 is 12.4 Å². The van der Waals surface area contributed by atoms with E-state index in [1.165, 1.54) is 0 Å². The number of hydrogen-bond donors (Lipinski definition) is 1. The summed E-state index contributed by atoms with van der Waals surface area (Å²) in [5, 5.41) is 3.09. The second kappa shape index (κ2) is 5.38. The van der Waals surface area contributed by atoms with E-state index in [9.17, 15) is 4.79 Å².